The molecule has 0 aliphatic rings. The summed E-state index contributed by atoms with van der Waals surface area (Å²) in [5.41, 5.74) is 2.59. The summed E-state index contributed by atoms with van der Waals surface area (Å²) in [5, 5.41) is 3.35. The number of hydrogen-bond donors (Lipinski definition) is 1. The van der Waals surface area contributed by atoms with Crippen molar-refractivity contribution in [1.82, 2.24) is 0 Å². The highest BCUT2D eigenvalue weighted by atomic mass is 19.1. The van der Waals surface area contributed by atoms with Gasteiger partial charge in [-0.1, -0.05) is 12.1 Å². The molecule has 2 aromatic rings. The SMILES string of the molecule is CCOc1ccc(NC(C)c2ccc(C)c(F)c2)cc1. The highest BCUT2D eigenvalue weighted by Crippen LogP contribution is 2.22. The van der Waals surface area contributed by atoms with Gasteiger partial charge in [0.25, 0.3) is 0 Å². The Morgan fingerprint density at radius 2 is 1.85 bits per heavy atom. The van der Waals surface area contributed by atoms with Crippen LogP contribution in [0.4, 0.5) is 10.1 Å². The maximum Gasteiger partial charge on any atom is 0.126 e. The van der Waals surface area contributed by atoms with E-state index in [2.05, 4.69) is 5.32 Å². The normalized spacial score (nSPS) is 12.0. The van der Waals surface area contributed by atoms with Crippen LogP contribution in [-0.4, -0.2) is 6.61 Å². The van der Waals surface area contributed by atoms with Gasteiger partial charge < -0.3 is 10.1 Å². The molecule has 0 aliphatic carbocycles. The number of anilines is 1. The van der Waals surface area contributed by atoms with Gasteiger partial charge in [-0.15, -0.1) is 0 Å². The van der Waals surface area contributed by atoms with E-state index in [-0.39, 0.29) is 11.9 Å². The van der Waals surface area contributed by atoms with Gasteiger partial charge >= 0.3 is 0 Å². The quantitative estimate of drug-likeness (QED) is 0.852. The first-order chi connectivity index (χ1) is 9.60. The molecule has 106 valence electrons. The zero-order valence-electron chi connectivity index (χ0n) is 12.1. The van der Waals surface area contributed by atoms with Crippen molar-refractivity contribution in [2.24, 2.45) is 0 Å². The van der Waals surface area contributed by atoms with Crippen LogP contribution in [0.2, 0.25) is 0 Å². The van der Waals surface area contributed by atoms with Gasteiger partial charge in [0, 0.05) is 11.7 Å². The lowest BCUT2D eigenvalue weighted by Crippen LogP contribution is -2.07. The van der Waals surface area contributed by atoms with Gasteiger partial charge in [-0.25, -0.2) is 4.39 Å². The molecular weight excluding hydrogens is 253 g/mol. The molecule has 3 heteroatoms. The Labute approximate surface area is 119 Å². The molecule has 20 heavy (non-hydrogen) atoms. The standard InChI is InChI=1S/C17H20FNO/c1-4-20-16-9-7-15(8-10-16)19-13(3)14-6-5-12(2)17(18)11-14/h5-11,13,19H,4H2,1-3H3. The van der Waals surface area contributed by atoms with Crippen molar-refractivity contribution in [2.45, 2.75) is 26.8 Å². The van der Waals surface area contributed by atoms with E-state index in [9.17, 15) is 4.39 Å². The number of hydrogen-bond acceptors (Lipinski definition) is 2. The van der Waals surface area contributed by atoms with Gasteiger partial charge in [-0.2, -0.15) is 0 Å². The highest BCUT2D eigenvalue weighted by Gasteiger charge is 2.07. The van der Waals surface area contributed by atoms with Crippen LogP contribution < -0.4 is 10.1 Å². The summed E-state index contributed by atoms with van der Waals surface area (Å²) in [6, 6.07) is 13.2. The third kappa shape index (κ3) is 3.50. The molecule has 0 aliphatic heterocycles. The molecule has 2 rings (SSSR count). The van der Waals surface area contributed by atoms with E-state index in [1.165, 1.54) is 0 Å². The van der Waals surface area contributed by atoms with Crippen molar-refractivity contribution in [3.63, 3.8) is 0 Å². The van der Waals surface area contributed by atoms with Crippen molar-refractivity contribution in [1.29, 1.82) is 0 Å². The molecule has 2 nitrogen and oxygen atoms in total. The maximum atomic E-state index is 13.6. The minimum Gasteiger partial charge on any atom is -0.494 e. The third-order valence-corrected chi connectivity index (χ3v) is 3.24. The predicted molar refractivity (Wildman–Crippen MR) is 80.8 cm³/mol. The summed E-state index contributed by atoms with van der Waals surface area (Å²) in [6.07, 6.45) is 0. The Bertz CT molecular complexity index is 566. The number of rotatable bonds is 5. The molecule has 0 saturated heterocycles. The lowest BCUT2D eigenvalue weighted by Gasteiger charge is -2.16. The first-order valence-electron chi connectivity index (χ1n) is 6.85. The number of ether oxygens (including phenoxy) is 1. The first-order valence-corrected chi connectivity index (χ1v) is 6.85. The van der Waals surface area contributed by atoms with Crippen LogP contribution in [-0.2, 0) is 0 Å². The van der Waals surface area contributed by atoms with E-state index in [1.54, 1.807) is 19.1 Å². The average Bonchev–Trinajstić information content (AvgIpc) is 2.44. The topological polar surface area (TPSA) is 21.3 Å². The highest BCUT2D eigenvalue weighted by molar-refractivity contribution is 5.48. The van der Waals surface area contributed by atoms with E-state index in [0.29, 0.717) is 12.2 Å². The Hall–Kier alpha value is -2.03. The van der Waals surface area contributed by atoms with Gasteiger partial charge in [-0.05, 0) is 62.2 Å². The molecular formula is C17H20FNO. The third-order valence-electron chi connectivity index (χ3n) is 3.24. The van der Waals surface area contributed by atoms with E-state index >= 15 is 0 Å². The second kappa shape index (κ2) is 6.42. The summed E-state index contributed by atoms with van der Waals surface area (Å²) in [7, 11) is 0. The van der Waals surface area contributed by atoms with Crippen molar-refractivity contribution >= 4 is 5.69 Å². The van der Waals surface area contributed by atoms with Crippen LogP contribution in [0, 0.1) is 12.7 Å². The molecule has 0 spiro atoms. The van der Waals surface area contributed by atoms with Crippen LogP contribution in [0.25, 0.3) is 0 Å². The summed E-state index contributed by atoms with van der Waals surface area (Å²) in [6.45, 7) is 6.40. The van der Waals surface area contributed by atoms with E-state index < -0.39 is 0 Å². The van der Waals surface area contributed by atoms with E-state index in [1.807, 2.05) is 44.2 Å². The second-order valence-corrected chi connectivity index (χ2v) is 4.83. The van der Waals surface area contributed by atoms with Crippen molar-refractivity contribution < 1.29 is 9.13 Å². The van der Waals surface area contributed by atoms with E-state index in [4.69, 9.17) is 4.74 Å². The molecule has 0 bridgehead atoms. The zero-order valence-corrected chi connectivity index (χ0v) is 12.1. The van der Waals surface area contributed by atoms with Gasteiger partial charge in [0.15, 0.2) is 0 Å². The largest absolute Gasteiger partial charge is 0.494 e. The summed E-state index contributed by atoms with van der Waals surface area (Å²) in [4.78, 5) is 0. The van der Waals surface area contributed by atoms with Crippen LogP contribution in [0.5, 0.6) is 5.75 Å². The van der Waals surface area contributed by atoms with Crippen LogP contribution in [0.15, 0.2) is 42.5 Å². The minimum absolute atomic E-state index is 0.0445. The molecule has 0 radical (unpaired) electrons. The van der Waals surface area contributed by atoms with Crippen molar-refractivity contribution in [2.75, 3.05) is 11.9 Å². The monoisotopic (exact) mass is 273 g/mol. The number of aryl methyl sites for hydroxylation is 1. The van der Waals surface area contributed by atoms with Crippen LogP contribution in [0.3, 0.4) is 0 Å². The fourth-order valence-electron chi connectivity index (χ4n) is 2.03. The Kier molecular flexibility index (Phi) is 4.61. The van der Waals surface area contributed by atoms with Crippen LogP contribution >= 0.6 is 0 Å². The van der Waals surface area contributed by atoms with E-state index in [0.717, 1.165) is 17.0 Å². The molecule has 1 unspecified atom stereocenters. The van der Waals surface area contributed by atoms with Crippen molar-refractivity contribution in [3.8, 4) is 5.75 Å². The summed E-state index contributed by atoms with van der Waals surface area (Å²) >= 11 is 0. The van der Waals surface area contributed by atoms with Gasteiger partial charge in [0.05, 0.1) is 6.61 Å². The lowest BCUT2D eigenvalue weighted by atomic mass is 10.1. The summed E-state index contributed by atoms with van der Waals surface area (Å²) in [5.74, 6) is 0.690. The average molecular weight is 273 g/mol. The Morgan fingerprint density at radius 3 is 2.45 bits per heavy atom. The predicted octanol–water partition coefficient (Wildman–Crippen LogP) is 4.71. The molecule has 2 aromatic carbocycles. The molecule has 0 saturated carbocycles. The first kappa shape index (κ1) is 14.4. The fraction of sp³-hybridized carbons (Fsp3) is 0.294. The molecule has 0 heterocycles. The Morgan fingerprint density at radius 1 is 1.15 bits per heavy atom. The van der Waals surface area contributed by atoms with Gasteiger partial charge in [-0.3, -0.25) is 0 Å². The number of nitrogens with one attached hydrogen (secondary N) is 1. The second-order valence-electron chi connectivity index (χ2n) is 4.83. The smallest absolute Gasteiger partial charge is 0.126 e. The lowest BCUT2D eigenvalue weighted by molar-refractivity contribution is 0.340. The Balaban J connectivity index is 2.06. The minimum atomic E-state index is -0.164. The van der Waals surface area contributed by atoms with Gasteiger partial charge in [0.2, 0.25) is 0 Å². The zero-order chi connectivity index (χ0) is 14.5. The number of benzene rings is 2. The fourth-order valence-corrected chi connectivity index (χ4v) is 2.03. The summed E-state index contributed by atoms with van der Waals surface area (Å²) < 4.78 is 19.0. The van der Waals surface area contributed by atoms with Crippen molar-refractivity contribution in [3.05, 3.63) is 59.4 Å². The van der Waals surface area contributed by atoms with Gasteiger partial charge in [0.1, 0.15) is 11.6 Å². The molecule has 1 atom stereocenters. The maximum absolute atomic E-state index is 13.6. The molecule has 0 fully saturated rings. The molecule has 0 aromatic heterocycles. The van der Waals surface area contributed by atoms with Crippen LogP contribution in [0.1, 0.15) is 31.0 Å². The molecule has 1 N–H and O–H groups in total. The molecule has 0 amide bonds. The number of halogens is 1.